The summed E-state index contributed by atoms with van der Waals surface area (Å²) < 4.78 is 32.0. The van der Waals surface area contributed by atoms with Crippen molar-refractivity contribution in [1.29, 1.82) is 0 Å². The summed E-state index contributed by atoms with van der Waals surface area (Å²) in [5.41, 5.74) is 3.58. The fourth-order valence-electron chi connectivity index (χ4n) is 2.79. The van der Waals surface area contributed by atoms with E-state index >= 15 is 0 Å². The SMILES string of the molecule is CN=C(c1ccccc1)c1ccc2nc(OC)n(S(=O)(=O)C(C)C)c2c1. The number of ether oxygens (including phenoxy) is 1. The quantitative estimate of drug-likeness (QED) is 0.646. The van der Waals surface area contributed by atoms with Gasteiger partial charge in [0.1, 0.15) is 0 Å². The lowest BCUT2D eigenvalue weighted by Crippen LogP contribution is -2.23. The smallest absolute Gasteiger partial charge is 0.311 e. The van der Waals surface area contributed by atoms with E-state index < -0.39 is 15.3 Å². The van der Waals surface area contributed by atoms with Crippen LogP contribution in [0.2, 0.25) is 0 Å². The predicted octanol–water partition coefficient (Wildman–Crippen LogP) is 3.10. The minimum absolute atomic E-state index is 0.0561. The van der Waals surface area contributed by atoms with Crippen molar-refractivity contribution in [2.45, 2.75) is 19.1 Å². The van der Waals surface area contributed by atoms with Crippen molar-refractivity contribution in [1.82, 2.24) is 8.96 Å². The maximum absolute atomic E-state index is 12.8. The van der Waals surface area contributed by atoms with Gasteiger partial charge in [-0.1, -0.05) is 36.4 Å². The first-order valence-electron chi connectivity index (χ1n) is 8.23. The molecule has 0 aliphatic heterocycles. The van der Waals surface area contributed by atoms with Crippen molar-refractivity contribution in [2.24, 2.45) is 4.99 Å². The molecule has 0 saturated heterocycles. The minimum atomic E-state index is -3.63. The zero-order valence-electron chi connectivity index (χ0n) is 15.2. The Kier molecular flexibility index (Phi) is 4.82. The second-order valence-electron chi connectivity index (χ2n) is 6.10. The van der Waals surface area contributed by atoms with Crippen molar-refractivity contribution >= 4 is 26.8 Å². The highest BCUT2D eigenvalue weighted by atomic mass is 32.2. The normalized spacial score (nSPS) is 12.7. The van der Waals surface area contributed by atoms with Gasteiger partial charge in [0.25, 0.3) is 0 Å². The molecule has 0 spiro atoms. The number of fused-ring (bicyclic) bond motifs is 1. The number of nitrogens with zero attached hydrogens (tertiary/aromatic N) is 3. The van der Waals surface area contributed by atoms with Gasteiger partial charge in [0.15, 0.2) is 0 Å². The summed E-state index contributed by atoms with van der Waals surface area (Å²) in [6.07, 6.45) is 0. The van der Waals surface area contributed by atoms with Crippen LogP contribution in [0.4, 0.5) is 0 Å². The molecule has 0 radical (unpaired) electrons. The van der Waals surface area contributed by atoms with Crippen LogP contribution in [0.5, 0.6) is 6.01 Å². The largest absolute Gasteiger partial charge is 0.467 e. The molecule has 26 heavy (non-hydrogen) atoms. The Morgan fingerprint density at radius 2 is 1.81 bits per heavy atom. The van der Waals surface area contributed by atoms with Gasteiger partial charge in [-0.25, -0.2) is 8.42 Å². The fraction of sp³-hybridized carbons (Fsp3) is 0.263. The highest BCUT2D eigenvalue weighted by molar-refractivity contribution is 7.90. The highest BCUT2D eigenvalue weighted by Gasteiger charge is 2.26. The molecule has 0 N–H and O–H groups in total. The van der Waals surface area contributed by atoms with Gasteiger partial charge in [-0.15, -0.1) is 0 Å². The Bertz CT molecular complexity index is 1070. The molecule has 6 nitrogen and oxygen atoms in total. The van der Waals surface area contributed by atoms with Crippen LogP contribution in [0.3, 0.4) is 0 Å². The average molecular weight is 371 g/mol. The molecule has 0 saturated carbocycles. The van der Waals surface area contributed by atoms with E-state index in [-0.39, 0.29) is 6.01 Å². The monoisotopic (exact) mass is 371 g/mol. The zero-order chi connectivity index (χ0) is 18.9. The van der Waals surface area contributed by atoms with Gasteiger partial charge in [0.2, 0.25) is 10.0 Å². The van der Waals surface area contributed by atoms with Crippen LogP contribution in [0.15, 0.2) is 53.5 Å². The molecule has 0 bridgehead atoms. The average Bonchev–Trinajstić information content (AvgIpc) is 3.01. The van der Waals surface area contributed by atoms with Gasteiger partial charge in [-0.05, 0) is 26.0 Å². The van der Waals surface area contributed by atoms with Gasteiger partial charge in [0.05, 0.1) is 29.1 Å². The third kappa shape index (κ3) is 2.99. The maximum Gasteiger partial charge on any atom is 0.311 e. The van der Waals surface area contributed by atoms with E-state index in [1.807, 2.05) is 36.4 Å². The summed E-state index contributed by atoms with van der Waals surface area (Å²) in [6, 6.07) is 15.3. The minimum Gasteiger partial charge on any atom is -0.467 e. The predicted molar refractivity (Wildman–Crippen MR) is 104 cm³/mol. The third-order valence-corrected chi connectivity index (χ3v) is 6.21. The molecular formula is C19H21N3O3S. The second-order valence-corrected chi connectivity index (χ2v) is 8.44. The van der Waals surface area contributed by atoms with E-state index in [0.717, 1.165) is 16.8 Å². The molecule has 1 heterocycles. The summed E-state index contributed by atoms with van der Waals surface area (Å²) in [5.74, 6) is 0. The number of hydrogen-bond acceptors (Lipinski definition) is 5. The third-order valence-electron chi connectivity index (χ3n) is 4.16. The maximum atomic E-state index is 12.8. The van der Waals surface area contributed by atoms with Crippen molar-refractivity contribution < 1.29 is 13.2 Å². The van der Waals surface area contributed by atoms with Crippen molar-refractivity contribution in [3.8, 4) is 6.01 Å². The van der Waals surface area contributed by atoms with Crippen LogP contribution in [-0.4, -0.2) is 42.5 Å². The molecule has 3 aromatic rings. The van der Waals surface area contributed by atoms with Crippen LogP contribution in [0.1, 0.15) is 25.0 Å². The number of rotatable bonds is 5. The van der Waals surface area contributed by atoms with Crippen LogP contribution in [0, 0.1) is 0 Å². The van der Waals surface area contributed by atoms with E-state index in [1.54, 1.807) is 33.0 Å². The summed E-state index contributed by atoms with van der Waals surface area (Å²) in [7, 11) is -0.496. The lowest BCUT2D eigenvalue weighted by molar-refractivity contribution is 0.378. The van der Waals surface area contributed by atoms with E-state index in [0.29, 0.717) is 11.0 Å². The van der Waals surface area contributed by atoms with E-state index in [4.69, 9.17) is 4.74 Å². The Balaban J connectivity index is 2.26. The molecule has 0 amide bonds. The molecule has 136 valence electrons. The zero-order valence-corrected chi connectivity index (χ0v) is 16.0. The second kappa shape index (κ2) is 6.92. The fourth-order valence-corrected chi connectivity index (χ4v) is 3.96. The van der Waals surface area contributed by atoms with Crippen LogP contribution in [-0.2, 0) is 10.0 Å². The topological polar surface area (TPSA) is 73.6 Å². The number of imidazole rings is 1. The van der Waals surface area contributed by atoms with E-state index in [9.17, 15) is 8.42 Å². The molecule has 7 heteroatoms. The molecule has 3 rings (SSSR count). The van der Waals surface area contributed by atoms with E-state index in [2.05, 4.69) is 9.98 Å². The van der Waals surface area contributed by atoms with Crippen molar-refractivity contribution in [3.05, 3.63) is 59.7 Å². The summed E-state index contributed by atoms with van der Waals surface area (Å²) in [4.78, 5) is 8.70. The number of methoxy groups -OCH3 is 1. The van der Waals surface area contributed by atoms with E-state index in [1.165, 1.54) is 11.1 Å². The van der Waals surface area contributed by atoms with Crippen LogP contribution < -0.4 is 4.74 Å². The molecule has 0 aliphatic rings. The molecule has 2 aromatic carbocycles. The molecule has 0 aliphatic carbocycles. The lowest BCUT2D eigenvalue weighted by atomic mass is 10.0. The first-order chi connectivity index (χ1) is 12.4. The number of aromatic nitrogens is 2. The first kappa shape index (κ1) is 18.1. The summed E-state index contributed by atoms with van der Waals surface area (Å²) in [6.45, 7) is 3.26. The summed E-state index contributed by atoms with van der Waals surface area (Å²) in [5, 5.41) is -0.606. The Morgan fingerprint density at radius 3 is 2.38 bits per heavy atom. The van der Waals surface area contributed by atoms with Crippen LogP contribution in [0.25, 0.3) is 11.0 Å². The summed E-state index contributed by atoms with van der Waals surface area (Å²) >= 11 is 0. The van der Waals surface area contributed by atoms with Gasteiger partial charge in [-0.2, -0.15) is 8.96 Å². The number of aliphatic imine (C=N–C) groups is 1. The molecule has 0 fully saturated rings. The van der Waals surface area contributed by atoms with Gasteiger partial charge < -0.3 is 4.74 Å². The molecule has 0 unspecified atom stereocenters. The Morgan fingerprint density at radius 1 is 1.12 bits per heavy atom. The molecule has 1 aromatic heterocycles. The number of benzene rings is 2. The molecule has 0 atom stereocenters. The highest BCUT2D eigenvalue weighted by Crippen LogP contribution is 2.27. The van der Waals surface area contributed by atoms with Gasteiger partial charge in [-0.3, -0.25) is 4.99 Å². The van der Waals surface area contributed by atoms with Crippen molar-refractivity contribution in [2.75, 3.05) is 14.2 Å². The lowest BCUT2D eigenvalue weighted by Gasteiger charge is -2.12. The van der Waals surface area contributed by atoms with Crippen molar-refractivity contribution in [3.63, 3.8) is 0 Å². The van der Waals surface area contributed by atoms with Gasteiger partial charge in [0, 0.05) is 18.2 Å². The number of hydrogen-bond donors (Lipinski definition) is 0. The first-order valence-corrected chi connectivity index (χ1v) is 9.74. The van der Waals surface area contributed by atoms with Gasteiger partial charge >= 0.3 is 6.01 Å². The Hall–Kier alpha value is -2.67. The van der Waals surface area contributed by atoms with Crippen LogP contribution >= 0.6 is 0 Å². The Labute approximate surface area is 153 Å². The standard InChI is InChI=1S/C19H21N3O3S/c1-13(2)26(23,24)22-17-12-15(10-11-16(17)21-19(22)25-4)18(20-3)14-8-6-5-7-9-14/h5-13H,1-4H3. The molecular weight excluding hydrogens is 350 g/mol.